The van der Waals surface area contributed by atoms with Crippen molar-refractivity contribution in [3.05, 3.63) is 96.1 Å². The molecule has 0 aromatic heterocycles. The zero-order chi connectivity index (χ0) is 21.7. The predicted octanol–water partition coefficient (Wildman–Crippen LogP) is 9.05. The molecular formula is C26H26Cl2SiZr-2. The molecule has 0 radical (unpaired) electrons. The quantitative estimate of drug-likeness (QED) is 0.139. The molecule has 0 heterocycles. The van der Waals surface area contributed by atoms with Crippen LogP contribution in [0.2, 0.25) is 13.1 Å². The molecule has 5 rings (SSSR count). The Bertz CT molecular complexity index is 1240. The van der Waals surface area contributed by atoms with Crippen molar-refractivity contribution in [1.82, 2.24) is 0 Å². The molecule has 0 saturated carbocycles. The predicted molar refractivity (Wildman–Crippen MR) is 135 cm³/mol. The summed E-state index contributed by atoms with van der Waals surface area (Å²) in [6.45, 7) is 8.63. The van der Waals surface area contributed by atoms with Crippen molar-refractivity contribution in [3.8, 4) is 0 Å². The Kier molecular flexibility index (Phi) is 8.54. The number of halogens is 2. The van der Waals surface area contributed by atoms with Crippen LogP contribution in [-0.4, -0.2) is 5.43 Å². The van der Waals surface area contributed by atoms with Gasteiger partial charge in [-0.05, 0) is 6.92 Å². The van der Waals surface area contributed by atoms with Gasteiger partial charge >= 0.3 is 53.5 Å². The second kappa shape index (κ2) is 10.9. The monoisotopic (exact) mass is 526 g/mol. The molecule has 0 spiro atoms. The van der Waals surface area contributed by atoms with Crippen LogP contribution < -0.4 is 0 Å². The summed E-state index contributed by atoms with van der Waals surface area (Å²) in [4.78, 5) is 0. The maximum atomic E-state index is 5.62. The molecule has 4 heteroatoms. The van der Waals surface area contributed by atoms with E-state index < -0.39 is 18.0 Å². The third-order valence-electron chi connectivity index (χ3n) is 5.01. The van der Waals surface area contributed by atoms with Gasteiger partial charge in [-0.1, -0.05) is 55.0 Å². The van der Waals surface area contributed by atoms with E-state index in [-0.39, 0.29) is 5.43 Å². The van der Waals surface area contributed by atoms with Gasteiger partial charge in [0.1, 0.15) is 0 Å². The molecule has 30 heavy (non-hydrogen) atoms. The van der Waals surface area contributed by atoms with Crippen molar-refractivity contribution in [3.63, 3.8) is 0 Å². The van der Waals surface area contributed by atoms with Gasteiger partial charge in [0.15, 0.2) is 0 Å². The molecule has 0 aliphatic carbocycles. The van der Waals surface area contributed by atoms with Gasteiger partial charge in [0, 0.05) is 0 Å². The fraction of sp³-hybridized carbons (Fsp3) is 0.154. The largest absolute Gasteiger partial charge is 0.165 e. The third kappa shape index (κ3) is 5.95. The molecule has 0 N–H and O–H groups in total. The Labute approximate surface area is 194 Å². The van der Waals surface area contributed by atoms with Crippen molar-refractivity contribution in [2.75, 3.05) is 0 Å². The van der Waals surface area contributed by atoms with Crippen LogP contribution in [0.4, 0.5) is 0 Å². The second-order valence-electron chi connectivity index (χ2n) is 7.69. The first-order chi connectivity index (χ1) is 14.4. The number of aryl methyl sites for hydroxylation is 2. The van der Waals surface area contributed by atoms with Gasteiger partial charge < -0.3 is 0 Å². The molecule has 154 valence electrons. The molecule has 0 amide bonds. The molecule has 5 aromatic carbocycles. The van der Waals surface area contributed by atoms with Crippen molar-refractivity contribution in [1.29, 1.82) is 0 Å². The zero-order valence-electron chi connectivity index (χ0n) is 17.8. The van der Waals surface area contributed by atoms with E-state index in [1.54, 1.807) is 0 Å². The fourth-order valence-corrected chi connectivity index (χ4v) is 3.44. The number of benzene rings is 3. The Balaban J connectivity index is 0.000000138. The Hall–Kier alpha value is -1.18. The van der Waals surface area contributed by atoms with Gasteiger partial charge in [-0.2, -0.15) is 6.07 Å². The van der Waals surface area contributed by atoms with Crippen LogP contribution in [0.1, 0.15) is 11.1 Å². The zero-order valence-corrected chi connectivity index (χ0v) is 22.8. The van der Waals surface area contributed by atoms with Crippen molar-refractivity contribution >= 4 is 54.8 Å². The van der Waals surface area contributed by atoms with Gasteiger partial charge in [0.25, 0.3) is 0 Å². The maximum absolute atomic E-state index is 5.62. The maximum Gasteiger partial charge on any atom is -0.0488 e. The van der Waals surface area contributed by atoms with Crippen LogP contribution in [0.15, 0.2) is 84.9 Å². The van der Waals surface area contributed by atoms with E-state index >= 15 is 0 Å². The van der Waals surface area contributed by atoms with E-state index in [1.165, 1.54) is 43.4 Å². The molecule has 0 atom stereocenters. The Morgan fingerprint density at radius 3 is 1.63 bits per heavy atom. The van der Waals surface area contributed by atoms with Crippen LogP contribution in [-0.2, 0) is 18.0 Å². The molecule has 0 bridgehead atoms. The van der Waals surface area contributed by atoms with Gasteiger partial charge in [-0.15, -0.1) is 74.3 Å². The Morgan fingerprint density at radius 2 is 1.13 bits per heavy atom. The summed E-state index contributed by atoms with van der Waals surface area (Å²) in [5.74, 6) is 0. The summed E-state index contributed by atoms with van der Waals surface area (Å²) in [5, 5.41) is 8.15. The molecule has 0 aliphatic rings. The van der Waals surface area contributed by atoms with Gasteiger partial charge in [0.2, 0.25) is 0 Å². The topological polar surface area (TPSA) is 0 Å². The summed E-state index contributed by atoms with van der Waals surface area (Å²) in [6.07, 6.45) is 0. The first kappa shape index (κ1) is 23.5. The van der Waals surface area contributed by atoms with E-state index in [2.05, 4.69) is 112 Å². The van der Waals surface area contributed by atoms with Crippen molar-refractivity contribution in [2.24, 2.45) is 0 Å². The molecule has 0 saturated heterocycles. The van der Waals surface area contributed by atoms with Gasteiger partial charge in [0.05, 0.1) is 0 Å². The average molecular weight is 529 g/mol. The summed E-state index contributed by atoms with van der Waals surface area (Å²) < 4.78 is 0. The number of fused-ring (bicyclic) bond motifs is 4. The number of hydrogen-bond donors (Lipinski definition) is 0. The van der Waals surface area contributed by atoms with Crippen LogP contribution >= 0.6 is 17.0 Å². The molecule has 0 aliphatic heterocycles. The average Bonchev–Trinajstić information content (AvgIpc) is 3.29. The van der Waals surface area contributed by atoms with Gasteiger partial charge in [-0.3, -0.25) is 0 Å². The normalized spacial score (nSPS) is 10.3. The summed E-state index contributed by atoms with van der Waals surface area (Å²) in [5.41, 5.74) is 2.50. The van der Waals surface area contributed by atoms with Crippen LogP contribution in [0.3, 0.4) is 0 Å². The first-order valence-corrected chi connectivity index (χ1v) is 22.5. The smallest absolute Gasteiger partial charge is 0.0488 e. The van der Waals surface area contributed by atoms with Crippen LogP contribution in [0, 0.1) is 13.8 Å². The van der Waals surface area contributed by atoms with Crippen LogP contribution in [0.25, 0.3) is 32.3 Å². The summed E-state index contributed by atoms with van der Waals surface area (Å²) >= 11 is -1.65. The van der Waals surface area contributed by atoms with Gasteiger partial charge in [-0.25, -0.2) is 0 Å². The van der Waals surface area contributed by atoms with Crippen LogP contribution in [0.5, 0.6) is 0 Å². The van der Waals surface area contributed by atoms with Crippen molar-refractivity contribution < 1.29 is 18.0 Å². The molecule has 0 nitrogen and oxygen atoms in total. The number of rotatable bonds is 0. The van der Waals surface area contributed by atoms with E-state index in [1.807, 2.05) is 0 Å². The Morgan fingerprint density at radius 1 is 0.667 bits per heavy atom. The van der Waals surface area contributed by atoms with E-state index in [0.29, 0.717) is 0 Å². The standard InChI is InChI=1S/C13H9.C11H11.C2H6Si.2ClH.Zr/c1-3-7-12-10(5-1)9-11-6-2-4-8-13(11)12;1-8-6-10-5-3-4-9(2)11(10)7-8;1-3-2;;;/h1-9H;3-7H,1-2H3;1-2H3;2*1H;/q2*-1;;;;+2/p-2. The fourth-order valence-electron chi connectivity index (χ4n) is 3.44. The molecule has 0 fully saturated rings. The minimum Gasteiger partial charge on any atom is -0.165 e. The third-order valence-corrected chi connectivity index (χ3v) is 24.8. The molecule has 0 unspecified atom stereocenters. The van der Waals surface area contributed by atoms with E-state index in [4.69, 9.17) is 17.0 Å². The second-order valence-corrected chi connectivity index (χ2v) is 30.7. The SMILES string of the molecule is C[Si](C)=[Zr]([Cl])[Cl].Cc1cc2c(C)cccc2[cH-]1.c1ccc2c(c1)[cH-]c1ccccc12. The first-order valence-electron chi connectivity index (χ1n) is 10.0. The van der Waals surface area contributed by atoms with Crippen molar-refractivity contribution in [2.45, 2.75) is 26.9 Å². The minimum absolute atomic E-state index is 0.224. The summed E-state index contributed by atoms with van der Waals surface area (Å²) in [6, 6.07) is 30.2. The number of hydrogen-bond acceptors (Lipinski definition) is 0. The van der Waals surface area contributed by atoms with E-state index in [9.17, 15) is 0 Å². The minimum atomic E-state index is -1.65. The summed E-state index contributed by atoms with van der Waals surface area (Å²) in [7, 11) is 11.2. The molecular weight excluding hydrogens is 503 g/mol. The van der Waals surface area contributed by atoms with E-state index in [0.717, 1.165) is 0 Å². The molecule has 5 aromatic rings.